The summed E-state index contributed by atoms with van der Waals surface area (Å²) in [5, 5.41) is 0. The first-order valence-electron chi connectivity index (χ1n) is 20.2. The lowest BCUT2D eigenvalue weighted by Gasteiger charge is -2.63. The molecule has 4 fully saturated rings. The molecule has 52 heavy (non-hydrogen) atoms. The molecule has 2 N–H and O–H groups in total. The van der Waals surface area contributed by atoms with Gasteiger partial charge in [0.05, 0.1) is 80.9 Å². The molecule has 2 unspecified atom stereocenters. The number of fused-ring (bicyclic) bond motifs is 5. The summed E-state index contributed by atoms with van der Waals surface area (Å²) in [6, 6.07) is 0. The van der Waals surface area contributed by atoms with Gasteiger partial charge >= 0.3 is 15.6 Å². The second kappa shape index (κ2) is 18.1. The van der Waals surface area contributed by atoms with Crippen molar-refractivity contribution in [2.45, 2.75) is 104 Å². The van der Waals surface area contributed by atoms with Gasteiger partial charge in [-0.2, -0.15) is 0 Å². The predicted molar refractivity (Wildman–Crippen MR) is 203 cm³/mol. The lowest BCUT2D eigenvalue weighted by Crippen LogP contribution is -2.59. The molecule has 0 aliphatic heterocycles. The van der Waals surface area contributed by atoms with E-state index in [9.17, 15) is 18.9 Å². The van der Waals surface area contributed by atoms with Crippen LogP contribution in [-0.4, -0.2) is 126 Å². The zero-order valence-corrected chi connectivity index (χ0v) is 36.1. The Morgan fingerprint density at radius 2 is 1.27 bits per heavy atom. The topological polar surface area (TPSA) is 130 Å². The van der Waals surface area contributed by atoms with E-state index < -0.39 is 15.6 Å². The summed E-state index contributed by atoms with van der Waals surface area (Å²) in [6.07, 6.45) is 11.6. The van der Waals surface area contributed by atoms with E-state index in [1.165, 1.54) is 38.5 Å². The van der Waals surface area contributed by atoms with Crippen LogP contribution in [0.2, 0.25) is 0 Å². The van der Waals surface area contributed by atoms with E-state index >= 15 is 0 Å². The van der Waals surface area contributed by atoms with Gasteiger partial charge in [0, 0.05) is 0 Å². The van der Waals surface area contributed by atoms with Crippen LogP contribution < -0.4 is 0 Å². The molecular formula is C38H76N2O10P2+2. The molecule has 0 aromatic rings. The summed E-state index contributed by atoms with van der Waals surface area (Å²) in [5.41, 5.74) is 0.247. The maximum atomic E-state index is 12.6. The van der Waals surface area contributed by atoms with Gasteiger partial charge in [0.2, 0.25) is 0 Å². The van der Waals surface area contributed by atoms with Crippen LogP contribution in [0.1, 0.15) is 91.9 Å². The van der Waals surface area contributed by atoms with Crippen LogP contribution >= 0.6 is 15.6 Å². The Morgan fingerprint density at radius 1 is 0.712 bits per heavy atom. The first-order chi connectivity index (χ1) is 24.1. The van der Waals surface area contributed by atoms with E-state index in [4.69, 9.17) is 27.6 Å². The molecule has 306 valence electrons. The van der Waals surface area contributed by atoms with Crippen LogP contribution in [0.25, 0.3) is 0 Å². The summed E-state index contributed by atoms with van der Waals surface area (Å²) in [6.45, 7) is 11.8. The molecule has 0 aromatic heterocycles. The number of ether oxygens (including phenoxy) is 2. The highest BCUT2D eigenvalue weighted by Gasteiger charge is 2.64. The van der Waals surface area contributed by atoms with Crippen LogP contribution in [0.3, 0.4) is 0 Å². The third-order valence-corrected chi connectivity index (χ3v) is 15.6. The summed E-state index contributed by atoms with van der Waals surface area (Å²) < 4.78 is 60.3. The SMILES string of the molecule is CCC[C@@H](C)[C@H]1CC[C@H]2[C@@H]3CC[C@@H]4C[C@H](OCCOP(=O)(O)OCC[N+](C)(C)C)CC[C@]4(C)[C@H]3C[C@H](OCCOP(=O)(O)OCC[N+](C)(C)C)[C@]12C. The summed E-state index contributed by atoms with van der Waals surface area (Å²) in [7, 11) is 3.77. The molecular weight excluding hydrogens is 706 g/mol. The third kappa shape index (κ3) is 11.8. The smallest absolute Gasteiger partial charge is 0.376 e. The molecule has 0 spiro atoms. The Kier molecular flexibility index (Phi) is 15.6. The van der Waals surface area contributed by atoms with Gasteiger partial charge in [-0.05, 0) is 97.7 Å². The minimum atomic E-state index is -4.16. The van der Waals surface area contributed by atoms with Crippen molar-refractivity contribution < 1.29 is 55.5 Å². The van der Waals surface area contributed by atoms with Gasteiger partial charge < -0.3 is 28.2 Å². The van der Waals surface area contributed by atoms with Crippen LogP contribution in [0.4, 0.5) is 0 Å². The van der Waals surface area contributed by atoms with Gasteiger partial charge in [-0.3, -0.25) is 18.1 Å². The van der Waals surface area contributed by atoms with Crippen LogP contribution in [0, 0.1) is 46.3 Å². The Labute approximate surface area is 316 Å². The second-order valence-electron chi connectivity index (χ2n) is 19.1. The van der Waals surface area contributed by atoms with E-state index in [0.29, 0.717) is 57.6 Å². The highest BCUT2D eigenvalue weighted by molar-refractivity contribution is 7.47. The Bertz CT molecular complexity index is 1230. The average Bonchev–Trinajstić information content (AvgIpc) is 3.38. The fraction of sp³-hybridized carbons (Fsp3) is 1.00. The quantitative estimate of drug-likeness (QED) is 0.0704. The molecule has 0 radical (unpaired) electrons. The minimum absolute atomic E-state index is 0.0232. The van der Waals surface area contributed by atoms with E-state index in [0.717, 1.165) is 25.7 Å². The highest BCUT2D eigenvalue weighted by atomic mass is 31.2. The Hall–Kier alpha value is 0.0600. The number of likely N-dealkylation sites (N-methyl/N-ethyl adjacent to an activating group) is 2. The molecule has 0 bridgehead atoms. The number of phosphoric acid groups is 2. The van der Waals surface area contributed by atoms with E-state index in [-0.39, 0.29) is 62.7 Å². The van der Waals surface area contributed by atoms with Crippen LogP contribution in [0.15, 0.2) is 0 Å². The molecule has 0 amide bonds. The molecule has 12 atom stereocenters. The molecule has 0 saturated heterocycles. The number of phosphoric ester groups is 2. The van der Waals surface area contributed by atoms with Crippen molar-refractivity contribution in [3.05, 3.63) is 0 Å². The zero-order valence-electron chi connectivity index (χ0n) is 34.3. The van der Waals surface area contributed by atoms with Crippen LogP contribution in [0.5, 0.6) is 0 Å². The largest absolute Gasteiger partial charge is 0.472 e. The first kappa shape index (κ1) is 44.8. The molecule has 4 aliphatic carbocycles. The fourth-order valence-electron chi connectivity index (χ4n) is 10.8. The fourth-order valence-corrected chi connectivity index (χ4v) is 12.2. The van der Waals surface area contributed by atoms with Crippen molar-refractivity contribution in [3.8, 4) is 0 Å². The Balaban J connectivity index is 1.37. The number of nitrogens with zero attached hydrogens (tertiary/aromatic N) is 2. The van der Waals surface area contributed by atoms with Crippen molar-refractivity contribution in [2.24, 2.45) is 46.3 Å². The maximum Gasteiger partial charge on any atom is 0.472 e. The van der Waals surface area contributed by atoms with E-state index in [2.05, 4.69) is 27.7 Å². The van der Waals surface area contributed by atoms with E-state index in [1.807, 2.05) is 42.3 Å². The standard InChI is InChI=1S/C38H74N2O10P2/c1-11-12-29(2)33-15-16-34-32-14-13-30-27-31(45-23-25-49-51(41,42)47-21-19-39(5,6)7)17-18-37(30,3)35(32)28-36(38(33,34)4)46-24-26-50-52(43,44)48-22-20-40(8,9)10/h29-36H,11-28H2,1-10H3/p+2/t29-,30-,31-,32+,33-,34+,35+,36+,37+,38-/m1/s1. The van der Waals surface area contributed by atoms with Crippen molar-refractivity contribution in [1.82, 2.24) is 0 Å². The predicted octanol–water partition coefficient (Wildman–Crippen LogP) is 7.14. The van der Waals surface area contributed by atoms with Crippen molar-refractivity contribution in [2.75, 3.05) is 95.0 Å². The zero-order chi connectivity index (χ0) is 38.6. The second-order valence-corrected chi connectivity index (χ2v) is 22.0. The van der Waals surface area contributed by atoms with Crippen molar-refractivity contribution in [1.29, 1.82) is 0 Å². The monoisotopic (exact) mass is 782 g/mol. The van der Waals surface area contributed by atoms with Crippen molar-refractivity contribution >= 4 is 15.6 Å². The Morgan fingerprint density at radius 3 is 1.83 bits per heavy atom. The number of quaternary nitrogens is 2. The van der Waals surface area contributed by atoms with Crippen molar-refractivity contribution in [3.63, 3.8) is 0 Å². The molecule has 4 aliphatic rings. The van der Waals surface area contributed by atoms with Crippen LogP contribution in [-0.2, 0) is 36.7 Å². The number of hydrogen-bond acceptors (Lipinski definition) is 8. The number of rotatable bonds is 21. The third-order valence-electron chi connectivity index (χ3n) is 13.6. The molecule has 0 aromatic carbocycles. The molecule has 14 heteroatoms. The first-order valence-corrected chi connectivity index (χ1v) is 23.2. The van der Waals surface area contributed by atoms with Gasteiger partial charge in [-0.15, -0.1) is 0 Å². The van der Waals surface area contributed by atoms with Gasteiger partial charge in [-0.25, -0.2) is 9.13 Å². The highest BCUT2D eigenvalue weighted by Crippen LogP contribution is 2.69. The van der Waals surface area contributed by atoms with Gasteiger partial charge in [0.25, 0.3) is 0 Å². The lowest BCUT2D eigenvalue weighted by molar-refractivity contribution is -0.870. The summed E-state index contributed by atoms with van der Waals surface area (Å²) in [5.74, 6) is 3.60. The lowest BCUT2D eigenvalue weighted by atomic mass is 9.43. The molecule has 4 rings (SSSR count). The molecule has 0 heterocycles. The average molecular weight is 783 g/mol. The molecule has 12 nitrogen and oxygen atoms in total. The van der Waals surface area contributed by atoms with Gasteiger partial charge in [0.15, 0.2) is 0 Å². The normalized spacial score (nSPS) is 36.7. The van der Waals surface area contributed by atoms with Gasteiger partial charge in [-0.1, -0.05) is 40.5 Å². The van der Waals surface area contributed by atoms with Gasteiger partial charge in [0.1, 0.15) is 26.3 Å². The summed E-state index contributed by atoms with van der Waals surface area (Å²) >= 11 is 0. The summed E-state index contributed by atoms with van der Waals surface area (Å²) in [4.78, 5) is 20.4. The number of hydrogen-bond donors (Lipinski definition) is 2. The maximum absolute atomic E-state index is 12.6. The molecule has 4 saturated carbocycles. The van der Waals surface area contributed by atoms with E-state index in [1.54, 1.807) is 0 Å². The minimum Gasteiger partial charge on any atom is -0.376 e.